The molecule has 1 fully saturated rings. The average Bonchev–Trinajstić information content (AvgIpc) is 3.06. The minimum absolute atomic E-state index is 0. The first-order valence-corrected chi connectivity index (χ1v) is 10.0. The highest BCUT2D eigenvalue weighted by Crippen LogP contribution is 2.37. The van der Waals surface area contributed by atoms with Crippen LogP contribution in [0.3, 0.4) is 0 Å². The fourth-order valence-electron chi connectivity index (χ4n) is 2.91. The summed E-state index contributed by atoms with van der Waals surface area (Å²) >= 11 is 2.70. The van der Waals surface area contributed by atoms with Crippen molar-refractivity contribution in [3.63, 3.8) is 0 Å². The van der Waals surface area contributed by atoms with Gasteiger partial charge in [0.05, 0.1) is 9.82 Å². The fourth-order valence-corrected chi connectivity index (χ4v) is 4.79. The number of amides is 1. The van der Waals surface area contributed by atoms with Gasteiger partial charge in [-0.1, -0.05) is 11.8 Å². The first-order chi connectivity index (χ1) is 12.5. The molecule has 1 aromatic heterocycles. The van der Waals surface area contributed by atoms with Crippen LogP contribution in [-0.4, -0.2) is 46.9 Å². The average molecular weight is 429 g/mol. The molecule has 1 saturated heterocycles. The van der Waals surface area contributed by atoms with Crippen molar-refractivity contribution >= 4 is 47.1 Å². The molecular formula is C17H21ClN4O3S2. The van der Waals surface area contributed by atoms with E-state index >= 15 is 0 Å². The number of nitro benzene ring substituents is 1. The molecule has 2 aromatic rings. The minimum Gasteiger partial charge on any atom is -0.339 e. The Labute approximate surface area is 172 Å². The summed E-state index contributed by atoms with van der Waals surface area (Å²) in [7, 11) is 1.92. The van der Waals surface area contributed by atoms with Crippen molar-refractivity contribution in [3.05, 3.63) is 45.0 Å². The van der Waals surface area contributed by atoms with E-state index in [1.807, 2.05) is 19.4 Å². The lowest BCUT2D eigenvalue weighted by Crippen LogP contribution is -2.43. The van der Waals surface area contributed by atoms with Gasteiger partial charge in [0.15, 0.2) is 4.34 Å². The van der Waals surface area contributed by atoms with E-state index < -0.39 is 4.92 Å². The van der Waals surface area contributed by atoms with E-state index in [1.54, 1.807) is 17.0 Å². The summed E-state index contributed by atoms with van der Waals surface area (Å²) in [6.45, 7) is 3.20. The molecule has 1 aliphatic heterocycles. The second-order valence-electron chi connectivity index (χ2n) is 6.15. The van der Waals surface area contributed by atoms with E-state index in [0.29, 0.717) is 29.6 Å². The molecule has 0 radical (unpaired) electrons. The fraction of sp³-hybridized carbons (Fsp3) is 0.412. The molecule has 2 heterocycles. The molecule has 0 spiro atoms. The number of hydrogen-bond acceptors (Lipinski definition) is 7. The number of aryl methyl sites for hydroxylation is 1. The van der Waals surface area contributed by atoms with Crippen LogP contribution in [-0.2, 0) is 0 Å². The van der Waals surface area contributed by atoms with E-state index in [-0.39, 0.29) is 24.0 Å². The number of nitrogens with zero attached hydrogens (tertiary/aromatic N) is 3. The van der Waals surface area contributed by atoms with E-state index in [2.05, 4.69) is 10.3 Å². The Morgan fingerprint density at radius 3 is 2.67 bits per heavy atom. The zero-order chi connectivity index (χ0) is 18.7. The zero-order valence-electron chi connectivity index (χ0n) is 15.0. The van der Waals surface area contributed by atoms with E-state index in [0.717, 1.165) is 22.9 Å². The zero-order valence-corrected chi connectivity index (χ0v) is 17.5. The van der Waals surface area contributed by atoms with Crippen molar-refractivity contribution in [3.8, 4) is 0 Å². The van der Waals surface area contributed by atoms with Gasteiger partial charge in [0.1, 0.15) is 0 Å². The molecule has 1 N–H and O–H groups in total. The van der Waals surface area contributed by atoms with Crippen LogP contribution in [0.15, 0.2) is 32.8 Å². The third-order valence-electron chi connectivity index (χ3n) is 4.39. The number of piperidine rings is 1. The number of thiazole rings is 1. The first kappa shape index (κ1) is 21.6. The number of halogens is 1. The van der Waals surface area contributed by atoms with Crippen LogP contribution >= 0.6 is 35.5 Å². The van der Waals surface area contributed by atoms with Crippen LogP contribution in [0.2, 0.25) is 0 Å². The van der Waals surface area contributed by atoms with Gasteiger partial charge in [-0.2, -0.15) is 0 Å². The van der Waals surface area contributed by atoms with Gasteiger partial charge in [-0.15, -0.1) is 23.7 Å². The van der Waals surface area contributed by atoms with Crippen LogP contribution in [0.5, 0.6) is 0 Å². The van der Waals surface area contributed by atoms with Crippen molar-refractivity contribution in [1.82, 2.24) is 15.2 Å². The number of carbonyl (C=O) groups excluding carboxylic acids is 1. The van der Waals surface area contributed by atoms with Gasteiger partial charge in [0.2, 0.25) is 0 Å². The molecule has 27 heavy (non-hydrogen) atoms. The van der Waals surface area contributed by atoms with Crippen molar-refractivity contribution in [2.24, 2.45) is 0 Å². The second-order valence-corrected chi connectivity index (χ2v) is 8.30. The number of rotatable bonds is 5. The Morgan fingerprint density at radius 1 is 1.41 bits per heavy atom. The molecule has 1 aromatic carbocycles. The Morgan fingerprint density at radius 2 is 2.11 bits per heavy atom. The molecular weight excluding hydrogens is 408 g/mol. The van der Waals surface area contributed by atoms with Crippen LogP contribution < -0.4 is 5.32 Å². The highest BCUT2D eigenvalue weighted by atomic mass is 35.5. The number of likely N-dealkylation sites (tertiary alicyclic amines) is 1. The van der Waals surface area contributed by atoms with Gasteiger partial charge < -0.3 is 10.2 Å². The summed E-state index contributed by atoms with van der Waals surface area (Å²) in [6, 6.07) is 5.12. The van der Waals surface area contributed by atoms with Gasteiger partial charge in [0.25, 0.3) is 11.6 Å². The van der Waals surface area contributed by atoms with Crippen molar-refractivity contribution < 1.29 is 9.72 Å². The summed E-state index contributed by atoms with van der Waals surface area (Å²) in [6.07, 6.45) is 1.78. The maximum absolute atomic E-state index is 12.7. The SMILES string of the molecule is CNC1CCN(C(=O)c2ccc(Sc3nc(C)cs3)c([N+](=O)[O-])c2)CC1.Cl. The van der Waals surface area contributed by atoms with Crippen molar-refractivity contribution in [1.29, 1.82) is 0 Å². The van der Waals surface area contributed by atoms with Crippen LogP contribution in [0, 0.1) is 17.0 Å². The molecule has 0 bridgehead atoms. The van der Waals surface area contributed by atoms with E-state index in [9.17, 15) is 14.9 Å². The highest BCUT2D eigenvalue weighted by molar-refractivity contribution is 8.01. The lowest BCUT2D eigenvalue weighted by Gasteiger charge is -2.31. The van der Waals surface area contributed by atoms with E-state index in [1.165, 1.54) is 29.2 Å². The van der Waals surface area contributed by atoms with Crippen LogP contribution in [0.4, 0.5) is 5.69 Å². The number of carbonyl (C=O) groups is 1. The summed E-state index contributed by atoms with van der Waals surface area (Å²) in [4.78, 5) is 30.4. The number of hydrogen-bond donors (Lipinski definition) is 1. The molecule has 3 rings (SSSR count). The lowest BCUT2D eigenvalue weighted by molar-refractivity contribution is -0.387. The summed E-state index contributed by atoms with van der Waals surface area (Å²) < 4.78 is 0.749. The standard InChI is InChI=1S/C17H20N4O3S2.ClH/c1-11-10-25-17(19-11)26-15-4-3-12(9-14(15)21(23)24)16(22)20-7-5-13(18-2)6-8-20;/h3-4,9-10,13,18H,5-8H2,1-2H3;1H. The third kappa shape index (κ3) is 5.19. The Bertz CT molecular complexity index is 822. The molecule has 146 valence electrons. The first-order valence-electron chi connectivity index (χ1n) is 8.33. The van der Waals surface area contributed by atoms with Crippen LogP contribution in [0.25, 0.3) is 0 Å². The predicted octanol–water partition coefficient (Wildman–Crippen LogP) is 3.76. The van der Waals surface area contributed by atoms with Gasteiger partial charge in [-0.3, -0.25) is 14.9 Å². The summed E-state index contributed by atoms with van der Waals surface area (Å²) in [5.41, 5.74) is 1.19. The molecule has 10 heteroatoms. The summed E-state index contributed by atoms with van der Waals surface area (Å²) in [5.74, 6) is -0.149. The Kier molecular flexibility index (Phi) is 7.60. The minimum atomic E-state index is -0.438. The summed E-state index contributed by atoms with van der Waals surface area (Å²) in [5, 5.41) is 16.6. The van der Waals surface area contributed by atoms with Gasteiger partial charge in [-0.25, -0.2) is 4.98 Å². The van der Waals surface area contributed by atoms with Gasteiger partial charge >= 0.3 is 0 Å². The molecule has 0 unspecified atom stereocenters. The van der Waals surface area contributed by atoms with Gasteiger partial charge in [0, 0.05) is 41.8 Å². The normalized spacial score (nSPS) is 14.7. The maximum Gasteiger partial charge on any atom is 0.284 e. The lowest BCUT2D eigenvalue weighted by atomic mass is 10.0. The molecule has 0 aliphatic carbocycles. The topological polar surface area (TPSA) is 88.4 Å². The van der Waals surface area contributed by atoms with Crippen molar-refractivity contribution in [2.45, 2.75) is 35.0 Å². The van der Waals surface area contributed by atoms with Crippen molar-refractivity contribution in [2.75, 3.05) is 20.1 Å². The Balaban J connectivity index is 0.00000261. The number of benzene rings is 1. The molecule has 7 nitrogen and oxygen atoms in total. The molecule has 0 saturated carbocycles. The second kappa shape index (κ2) is 9.50. The molecule has 1 amide bonds. The Hall–Kier alpha value is -1.68. The highest BCUT2D eigenvalue weighted by Gasteiger charge is 2.25. The number of nitro groups is 1. The van der Waals surface area contributed by atoms with E-state index in [4.69, 9.17) is 0 Å². The largest absolute Gasteiger partial charge is 0.339 e. The number of nitrogens with one attached hydrogen (secondary N) is 1. The maximum atomic E-state index is 12.7. The van der Waals surface area contributed by atoms with Crippen LogP contribution in [0.1, 0.15) is 28.9 Å². The van der Waals surface area contributed by atoms with Gasteiger partial charge in [-0.05, 0) is 38.9 Å². The monoisotopic (exact) mass is 428 g/mol. The smallest absolute Gasteiger partial charge is 0.284 e. The molecule has 0 atom stereocenters. The molecule has 1 aliphatic rings. The quantitative estimate of drug-likeness (QED) is 0.576. The predicted molar refractivity (Wildman–Crippen MR) is 109 cm³/mol. The third-order valence-corrected chi connectivity index (χ3v) is 6.51. The number of aromatic nitrogens is 1.